The summed E-state index contributed by atoms with van der Waals surface area (Å²) in [7, 11) is 0. The monoisotopic (exact) mass is 706 g/mol. The topological polar surface area (TPSA) is 166 Å². The highest BCUT2D eigenvalue weighted by Crippen LogP contribution is 2.76. The minimum absolute atomic E-state index is 0.0773. The molecule has 50 heavy (non-hydrogen) atoms. The van der Waals surface area contributed by atoms with Gasteiger partial charge in [0.2, 0.25) is 0 Å². The molecular weight excluding hydrogens is 640 g/mol. The summed E-state index contributed by atoms with van der Waals surface area (Å²) in [5, 5.41) is 68.5. The van der Waals surface area contributed by atoms with E-state index in [1.807, 2.05) is 6.92 Å². The van der Waals surface area contributed by atoms with Crippen molar-refractivity contribution < 1.29 is 49.6 Å². The Morgan fingerprint density at radius 3 is 2.28 bits per heavy atom. The van der Waals surface area contributed by atoms with E-state index in [-0.39, 0.29) is 46.5 Å². The van der Waals surface area contributed by atoms with E-state index in [0.717, 1.165) is 25.7 Å². The SMILES string of the molecule is CC=CC(=O)OC[C@H]1O[C@@H](O[C@H]2C[C@]3(C)[C@H](C[C@@H](O)[C@@H]4[C@@H]([C@@](C)(O)CCC=C(C)C)CC[C@]43C)[C@@]3(C)CC[C@H](O)C(C)(C)[C@H]23)[C@H](O)[C@@H](O)[C@@H]1O. The zero-order valence-corrected chi connectivity index (χ0v) is 31.8. The number of esters is 1. The van der Waals surface area contributed by atoms with Gasteiger partial charge in [-0.15, -0.1) is 0 Å². The number of carbonyl (C=O) groups is 1. The Bertz CT molecular complexity index is 1290. The summed E-state index contributed by atoms with van der Waals surface area (Å²) in [5.41, 5.74) is -1.38. The second-order valence-corrected chi connectivity index (χ2v) is 18.4. The van der Waals surface area contributed by atoms with Gasteiger partial charge in [0.1, 0.15) is 31.0 Å². The number of hydrogen-bond donors (Lipinski definition) is 6. The Morgan fingerprint density at radius 1 is 0.960 bits per heavy atom. The first-order valence-electron chi connectivity index (χ1n) is 19.0. The Balaban J connectivity index is 1.51. The molecule has 1 heterocycles. The average molecular weight is 707 g/mol. The second-order valence-electron chi connectivity index (χ2n) is 18.4. The highest BCUT2D eigenvalue weighted by atomic mass is 16.7. The van der Waals surface area contributed by atoms with E-state index in [0.29, 0.717) is 25.7 Å². The predicted octanol–water partition coefficient (Wildman–Crippen LogP) is 4.42. The normalized spacial score (nSPS) is 48.2. The summed E-state index contributed by atoms with van der Waals surface area (Å²) in [6, 6.07) is 0. The van der Waals surface area contributed by atoms with Crippen LogP contribution in [0.1, 0.15) is 114 Å². The van der Waals surface area contributed by atoms with Crippen molar-refractivity contribution in [3.8, 4) is 0 Å². The fraction of sp³-hybridized carbons (Fsp3) is 0.875. The van der Waals surface area contributed by atoms with Crippen LogP contribution in [0.3, 0.4) is 0 Å². The van der Waals surface area contributed by atoms with E-state index < -0.39 is 66.0 Å². The maximum atomic E-state index is 12.2. The summed E-state index contributed by atoms with van der Waals surface area (Å²) >= 11 is 0. The average Bonchev–Trinajstić information content (AvgIpc) is 3.41. The molecule has 1 saturated heterocycles. The molecular formula is C40H66O10. The molecule has 4 saturated carbocycles. The quantitative estimate of drug-likeness (QED) is 0.0875. The van der Waals surface area contributed by atoms with Gasteiger partial charge in [-0.2, -0.15) is 0 Å². The van der Waals surface area contributed by atoms with Crippen molar-refractivity contribution in [1.82, 2.24) is 0 Å². The number of rotatable bonds is 9. The molecule has 0 aromatic heterocycles. The van der Waals surface area contributed by atoms with Gasteiger partial charge in [-0.05, 0) is 124 Å². The fourth-order valence-electron chi connectivity index (χ4n) is 12.2. The Kier molecular flexibility index (Phi) is 11.3. The van der Waals surface area contributed by atoms with Gasteiger partial charge in [0.25, 0.3) is 0 Å². The molecule has 5 aliphatic rings. The molecule has 0 unspecified atom stereocenters. The van der Waals surface area contributed by atoms with Crippen molar-refractivity contribution in [3.05, 3.63) is 23.8 Å². The van der Waals surface area contributed by atoms with Crippen molar-refractivity contribution in [2.24, 2.45) is 45.3 Å². The number of aliphatic hydroxyl groups is 6. The van der Waals surface area contributed by atoms with Gasteiger partial charge < -0.3 is 44.8 Å². The second kappa shape index (κ2) is 14.1. The molecule has 0 radical (unpaired) electrons. The molecule has 0 amide bonds. The third kappa shape index (κ3) is 6.56. The lowest BCUT2D eigenvalue weighted by Gasteiger charge is -2.72. The lowest BCUT2D eigenvalue weighted by molar-refractivity contribution is -0.347. The number of allylic oxidation sites excluding steroid dienone is 3. The summed E-state index contributed by atoms with van der Waals surface area (Å²) < 4.78 is 18.2. The molecule has 286 valence electrons. The number of fused-ring (bicyclic) bond motifs is 5. The molecule has 1 aliphatic heterocycles. The fourth-order valence-corrected chi connectivity index (χ4v) is 12.2. The third-order valence-electron chi connectivity index (χ3n) is 14.9. The molecule has 10 nitrogen and oxygen atoms in total. The van der Waals surface area contributed by atoms with Crippen molar-refractivity contribution in [3.63, 3.8) is 0 Å². The molecule has 5 fully saturated rings. The highest BCUT2D eigenvalue weighted by molar-refractivity contribution is 5.81. The van der Waals surface area contributed by atoms with Crippen molar-refractivity contribution >= 4 is 5.97 Å². The zero-order chi connectivity index (χ0) is 37.2. The van der Waals surface area contributed by atoms with E-state index in [4.69, 9.17) is 14.2 Å². The van der Waals surface area contributed by atoms with Crippen LogP contribution in [-0.4, -0.2) is 97.8 Å². The maximum absolute atomic E-state index is 12.2. The van der Waals surface area contributed by atoms with Crippen LogP contribution in [0, 0.1) is 45.3 Å². The van der Waals surface area contributed by atoms with Crippen LogP contribution in [0.15, 0.2) is 23.8 Å². The van der Waals surface area contributed by atoms with Crippen LogP contribution in [0.2, 0.25) is 0 Å². The summed E-state index contributed by atoms with van der Waals surface area (Å²) in [5.74, 6) is -0.918. The van der Waals surface area contributed by atoms with Crippen LogP contribution in [0.25, 0.3) is 0 Å². The van der Waals surface area contributed by atoms with Crippen molar-refractivity contribution in [1.29, 1.82) is 0 Å². The lowest BCUT2D eigenvalue weighted by Crippen LogP contribution is -2.71. The molecule has 0 aromatic rings. The molecule has 4 aliphatic carbocycles. The van der Waals surface area contributed by atoms with Crippen molar-refractivity contribution in [2.75, 3.05) is 6.61 Å². The van der Waals surface area contributed by atoms with E-state index in [1.165, 1.54) is 17.7 Å². The first-order chi connectivity index (χ1) is 23.2. The van der Waals surface area contributed by atoms with E-state index >= 15 is 0 Å². The minimum atomic E-state index is -1.60. The van der Waals surface area contributed by atoms with Crippen molar-refractivity contribution in [2.45, 2.75) is 168 Å². The predicted molar refractivity (Wildman–Crippen MR) is 188 cm³/mol. The van der Waals surface area contributed by atoms with E-state index in [2.05, 4.69) is 54.5 Å². The number of carbonyl (C=O) groups excluding carboxylic acids is 1. The third-order valence-corrected chi connectivity index (χ3v) is 14.9. The lowest BCUT2D eigenvalue weighted by atomic mass is 9.34. The summed E-state index contributed by atoms with van der Waals surface area (Å²) in [6.45, 7) is 18.4. The minimum Gasteiger partial charge on any atom is -0.460 e. The number of hydrogen-bond acceptors (Lipinski definition) is 10. The van der Waals surface area contributed by atoms with Crippen LogP contribution < -0.4 is 0 Å². The molecule has 0 aromatic carbocycles. The Morgan fingerprint density at radius 2 is 1.64 bits per heavy atom. The number of ether oxygens (including phenoxy) is 3. The van der Waals surface area contributed by atoms with Crippen LogP contribution in [-0.2, 0) is 19.0 Å². The molecule has 5 rings (SSSR count). The summed E-state index contributed by atoms with van der Waals surface area (Å²) in [4.78, 5) is 12.1. The van der Waals surface area contributed by atoms with Crippen LogP contribution in [0.5, 0.6) is 0 Å². The summed E-state index contributed by atoms with van der Waals surface area (Å²) in [6.07, 6.45) is 1.66. The molecule has 16 atom stereocenters. The van der Waals surface area contributed by atoms with E-state index in [9.17, 15) is 35.4 Å². The molecule has 0 spiro atoms. The standard InChI is InChI=1S/C40H66O10/c1-10-12-29(43)48-21-26-31(44)32(45)33(46)35(50-26)49-25-20-39(8)27(37(6)17-15-28(42)36(4,5)34(25)37)19-24(41)30-23(14-18-38(30,39)7)40(9,47)16-11-13-22(2)3/h10,12-13,23-28,30-35,41-42,44-47H,11,14-21H2,1-9H3/t23-,24+,25-,26+,27+,28-,30-,31+,32-,33+,34-,35+,37+,38+,39+,40-/m0/s1. The Hall–Kier alpha value is -1.37. The van der Waals surface area contributed by atoms with Gasteiger partial charge in [-0.1, -0.05) is 52.3 Å². The van der Waals surface area contributed by atoms with Crippen LogP contribution in [0.4, 0.5) is 0 Å². The van der Waals surface area contributed by atoms with E-state index in [1.54, 1.807) is 6.92 Å². The molecule has 6 N–H and O–H groups in total. The highest BCUT2D eigenvalue weighted by Gasteiger charge is 2.73. The van der Waals surface area contributed by atoms with Crippen LogP contribution >= 0.6 is 0 Å². The molecule has 10 heteroatoms. The Labute approximate surface area is 299 Å². The first-order valence-corrected chi connectivity index (χ1v) is 19.0. The number of aliphatic hydroxyl groups excluding tert-OH is 5. The van der Waals surface area contributed by atoms with Gasteiger partial charge in [-0.25, -0.2) is 4.79 Å². The smallest absolute Gasteiger partial charge is 0.330 e. The maximum Gasteiger partial charge on any atom is 0.330 e. The van der Waals surface area contributed by atoms with Gasteiger partial charge >= 0.3 is 5.97 Å². The van der Waals surface area contributed by atoms with Gasteiger partial charge in [0, 0.05) is 6.08 Å². The van der Waals surface area contributed by atoms with Gasteiger partial charge in [0.15, 0.2) is 6.29 Å². The largest absolute Gasteiger partial charge is 0.460 e. The first kappa shape index (κ1) is 39.8. The molecule has 0 bridgehead atoms. The van der Waals surface area contributed by atoms with Gasteiger partial charge in [-0.3, -0.25) is 0 Å². The zero-order valence-electron chi connectivity index (χ0n) is 31.8. The van der Waals surface area contributed by atoms with Gasteiger partial charge in [0.05, 0.1) is 23.9 Å².